The van der Waals surface area contributed by atoms with E-state index in [0.717, 1.165) is 12.0 Å². The van der Waals surface area contributed by atoms with Gasteiger partial charge in [0, 0.05) is 0 Å². The molecule has 0 aromatic heterocycles. The summed E-state index contributed by atoms with van der Waals surface area (Å²) in [5.41, 5.74) is 2.29. The lowest BCUT2D eigenvalue weighted by Crippen LogP contribution is -2.45. The molecule has 0 aliphatic rings. The minimum Gasteiger partial charge on any atom is -0.509 e. The molecule has 0 unspecified atom stereocenters. The summed E-state index contributed by atoms with van der Waals surface area (Å²) in [4.78, 5) is 0. The van der Waals surface area contributed by atoms with E-state index in [9.17, 15) is 30.6 Å². The third-order valence-electron chi connectivity index (χ3n) is 4.42. The summed E-state index contributed by atoms with van der Waals surface area (Å²) >= 11 is 0. The van der Waals surface area contributed by atoms with Crippen molar-refractivity contribution in [3.05, 3.63) is 82.8 Å². The number of rotatable bonds is 8. The van der Waals surface area contributed by atoms with Crippen LogP contribution in [0, 0.1) is 0 Å². The first kappa shape index (κ1) is 21.7. The molecule has 0 amide bonds. The smallest absolute Gasteiger partial charge is 0.139 e. The molecule has 4 atom stereocenters. The van der Waals surface area contributed by atoms with Crippen LogP contribution in [0.5, 0.6) is 0 Å². The van der Waals surface area contributed by atoms with Crippen LogP contribution in [-0.4, -0.2) is 55.1 Å². The van der Waals surface area contributed by atoms with Crippen LogP contribution >= 0.6 is 0 Å². The number of aliphatic hydroxyl groups is 6. The molecule has 6 nitrogen and oxygen atoms in total. The van der Waals surface area contributed by atoms with Crippen LogP contribution in [0.1, 0.15) is 23.6 Å². The summed E-state index contributed by atoms with van der Waals surface area (Å²) in [6.45, 7) is 2.01. The monoisotopic (exact) mass is 386 g/mol. The maximum Gasteiger partial charge on any atom is 0.139 e. The second kappa shape index (κ2) is 10.1. The van der Waals surface area contributed by atoms with Gasteiger partial charge in [-0.25, -0.2) is 0 Å². The first-order valence-corrected chi connectivity index (χ1v) is 9.00. The maximum absolute atomic E-state index is 10.1. The molecule has 0 fully saturated rings. The minimum atomic E-state index is -1.92. The quantitative estimate of drug-likeness (QED) is 0.387. The number of aliphatic hydroxyl groups excluding tert-OH is 6. The lowest BCUT2D eigenvalue weighted by molar-refractivity contribution is -0.0996. The Morgan fingerprint density at radius 2 is 1.14 bits per heavy atom. The van der Waals surface area contributed by atoms with Gasteiger partial charge in [-0.05, 0) is 35.3 Å². The highest BCUT2D eigenvalue weighted by atomic mass is 16.4. The van der Waals surface area contributed by atoms with Gasteiger partial charge in [0.15, 0.2) is 0 Å². The lowest BCUT2D eigenvalue weighted by Gasteiger charge is -2.26. The highest BCUT2D eigenvalue weighted by molar-refractivity contribution is 5.53. The molecule has 0 heterocycles. The number of aryl methyl sites for hydroxylation is 1. The third-order valence-corrected chi connectivity index (χ3v) is 4.42. The van der Waals surface area contributed by atoms with E-state index in [0.29, 0.717) is 11.1 Å². The Hall–Kier alpha value is -2.64. The first-order valence-electron chi connectivity index (χ1n) is 9.00. The SMILES string of the molecule is CCc1ccc(C=C(O)[C@H](O)[C@@H](O)[C@H](O)[C@H](O)C(O)=Cc2ccccc2)cc1. The normalized spacial score (nSPS) is 17.0. The zero-order chi connectivity index (χ0) is 20.7. The topological polar surface area (TPSA) is 121 Å². The Labute approximate surface area is 164 Å². The van der Waals surface area contributed by atoms with Gasteiger partial charge in [-0.1, -0.05) is 61.5 Å². The van der Waals surface area contributed by atoms with Gasteiger partial charge in [0.2, 0.25) is 0 Å². The molecular formula is C22H26O6. The summed E-state index contributed by atoms with van der Waals surface area (Å²) < 4.78 is 0. The van der Waals surface area contributed by atoms with Crippen molar-refractivity contribution >= 4 is 12.2 Å². The molecule has 6 N–H and O–H groups in total. The molecule has 0 aliphatic carbocycles. The molecule has 0 spiro atoms. The van der Waals surface area contributed by atoms with Crippen molar-refractivity contribution in [1.82, 2.24) is 0 Å². The molecular weight excluding hydrogens is 360 g/mol. The second-order valence-corrected chi connectivity index (χ2v) is 6.52. The van der Waals surface area contributed by atoms with E-state index in [1.54, 1.807) is 42.5 Å². The van der Waals surface area contributed by atoms with Crippen LogP contribution < -0.4 is 0 Å². The highest BCUT2D eigenvalue weighted by Gasteiger charge is 2.34. The largest absolute Gasteiger partial charge is 0.509 e. The van der Waals surface area contributed by atoms with Crippen molar-refractivity contribution < 1.29 is 30.6 Å². The fourth-order valence-electron chi connectivity index (χ4n) is 2.63. The second-order valence-electron chi connectivity index (χ2n) is 6.52. The van der Waals surface area contributed by atoms with Gasteiger partial charge in [-0.3, -0.25) is 0 Å². The van der Waals surface area contributed by atoms with Gasteiger partial charge in [0.1, 0.15) is 35.9 Å². The van der Waals surface area contributed by atoms with E-state index in [1.807, 2.05) is 19.1 Å². The predicted molar refractivity (Wildman–Crippen MR) is 108 cm³/mol. The van der Waals surface area contributed by atoms with Crippen LogP contribution in [0.3, 0.4) is 0 Å². The van der Waals surface area contributed by atoms with E-state index in [2.05, 4.69) is 0 Å². The van der Waals surface area contributed by atoms with E-state index in [-0.39, 0.29) is 0 Å². The van der Waals surface area contributed by atoms with E-state index in [1.165, 1.54) is 12.2 Å². The summed E-state index contributed by atoms with van der Waals surface area (Å²) in [6, 6.07) is 15.8. The first-order chi connectivity index (χ1) is 13.3. The predicted octanol–water partition coefficient (Wildman–Crippen LogP) is 2.19. The molecule has 0 aliphatic heterocycles. The molecule has 0 bridgehead atoms. The Morgan fingerprint density at radius 1 is 0.714 bits per heavy atom. The van der Waals surface area contributed by atoms with Gasteiger partial charge in [0.05, 0.1) is 0 Å². The van der Waals surface area contributed by atoms with Crippen molar-refractivity contribution in [2.75, 3.05) is 0 Å². The fraction of sp³-hybridized carbons (Fsp3) is 0.273. The number of benzene rings is 2. The average molecular weight is 386 g/mol. The maximum atomic E-state index is 10.1. The molecule has 2 aromatic rings. The van der Waals surface area contributed by atoms with E-state index in [4.69, 9.17) is 0 Å². The zero-order valence-corrected chi connectivity index (χ0v) is 15.6. The Morgan fingerprint density at radius 3 is 1.57 bits per heavy atom. The fourth-order valence-corrected chi connectivity index (χ4v) is 2.63. The number of hydrogen-bond donors (Lipinski definition) is 6. The summed E-state index contributed by atoms with van der Waals surface area (Å²) in [5, 5.41) is 60.4. The molecule has 6 heteroatoms. The van der Waals surface area contributed by atoms with Crippen LogP contribution in [0.4, 0.5) is 0 Å². The molecule has 2 aromatic carbocycles. The molecule has 150 valence electrons. The minimum absolute atomic E-state index is 0.575. The molecule has 2 rings (SSSR count). The zero-order valence-electron chi connectivity index (χ0n) is 15.6. The van der Waals surface area contributed by atoms with Crippen molar-refractivity contribution in [3.63, 3.8) is 0 Å². The molecule has 28 heavy (non-hydrogen) atoms. The van der Waals surface area contributed by atoms with Gasteiger partial charge >= 0.3 is 0 Å². The lowest BCUT2D eigenvalue weighted by atomic mass is 9.98. The molecule has 0 saturated carbocycles. The molecule has 0 radical (unpaired) electrons. The Balaban J connectivity index is 2.08. The van der Waals surface area contributed by atoms with Gasteiger partial charge < -0.3 is 30.6 Å². The van der Waals surface area contributed by atoms with Crippen molar-refractivity contribution in [3.8, 4) is 0 Å². The van der Waals surface area contributed by atoms with Crippen molar-refractivity contribution in [2.45, 2.75) is 37.8 Å². The third kappa shape index (κ3) is 5.68. The van der Waals surface area contributed by atoms with Gasteiger partial charge in [-0.2, -0.15) is 0 Å². The highest BCUT2D eigenvalue weighted by Crippen LogP contribution is 2.18. The summed E-state index contributed by atoms with van der Waals surface area (Å²) in [6.07, 6.45) is -4.19. The number of hydrogen-bond acceptors (Lipinski definition) is 6. The average Bonchev–Trinajstić information content (AvgIpc) is 2.72. The van der Waals surface area contributed by atoms with E-state index >= 15 is 0 Å². The van der Waals surface area contributed by atoms with Crippen molar-refractivity contribution in [2.24, 2.45) is 0 Å². The van der Waals surface area contributed by atoms with Crippen LogP contribution in [0.15, 0.2) is 66.1 Å². The van der Waals surface area contributed by atoms with Gasteiger partial charge in [0.25, 0.3) is 0 Å². The van der Waals surface area contributed by atoms with E-state index < -0.39 is 35.9 Å². The van der Waals surface area contributed by atoms with Gasteiger partial charge in [-0.15, -0.1) is 0 Å². The summed E-state index contributed by atoms with van der Waals surface area (Å²) in [5.74, 6) is -1.15. The Kier molecular flexibility index (Phi) is 7.78. The molecule has 0 saturated heterocycles. The Bertz CT molecular complexity index is 798. The van der Waals surface area contributed by atoms with Crippen LogP contribution in [-0.2, 0) is 6.42 Å². The summed E-state index contributed by atoms with van der Waals surface area (Å²) in [7, 11) is 0. The van der Waals surface area contributed by atoms with Crippen LogP contribution in [0.25, 0.3) is 12.2 Å². The van der Waals surface area contributed by atoms with Crippen LogP contribution in [0.2, 0.25) is 0 Å². The standard InChI is InChI=1S/C22H26O6/c1-2-14-8-10-16(11-9-14)13-18(24)20(26)22(28)21(27)19(25)17(23)12-15-6-4-3-5-7-15/h3-13,19-28H,2H2,1H3/t19-,20+,21-,22-/m1/s1. The van der Waals surface area contributed by atoms with Crippen molar-refractivity contribution in [1.29, 1.82) is 0 Å².